The van der Waals surface area contributed by atoms with Crippen molar-refractivity contribution < 1.29 is 9.53 Å². The Morgan fingerprint density at radius 3 is 2.39 bits per heavy atom. The van der Waals surface area contributed by atoms with Crippen molar-refractivity contribution in [1.82, 2.24) is 10.6 Å². The van der Waals surface area contributed by atoms with Crippen LogP contribution in [0.1, 0.15) is 53.9 Å². The summed E-state index contributed by atoms with van der Waals surface area (Å²) in [5.74, 6) is 0.744. The second-order valence-electron chi connectivity index (χ2n) is 6.65. The van der Waals surface area contributed by atoms with E-state index in [1.807, 2.05) is 20.8 Å². The van der Waals surface area contributed by atoms with Crippen LogP contribution >= 0.6 is 0 Å². The lowest BCUT2D eigenvalue weighted by molar-refractivity contribution is 0.0465. The van der Waals surface area contributed by atoms with E-state index in [2.05, 4.69) is 24.5 Å². The minimum atomic E-state index is -0.414. The molecule has 1 amide bonds. The number of alkyl carbamates (subject to hydrolysis) is 1. The first kappa shape index (κ1) is 15.3. The van der Waals surface area contributed by atoms with Crippen molar-refractivity contribution in [2.75, 3.05) is 6.54 Å². The lowest BCUT2D eigenvalue weighted by Crippen LogP contribution is -2.53. The highest BCUT2D eigenvalue weighted by Gasteiger charge is 2.31. The van der Waals surface area contributed by atoms with E-state index >= 15 is 0 Å². The molecule has 0 spiro atoms. The van der Waals surface area contributed by atoms with Gasteiger partial charge in [-0.25, -0.2) is 4.79 Å². The molecular formula is C14H28N2O2. The maximum absolute atomic E-state index is 11.5. The van der Waals surface area contributed by atoms with Crippen LogP contribution in [0.15, 0.2) is 0 Å². The zero-order valence-corrected chi connectivity index (χ0v) is 12.4. The van der Waals surface area contributed by atoms with Gasteiger partial charge in [-0.3, -0.25) is 0 Å². The van der Waals surface area contributed by atoms with Crippen LogP contribution in [-0.2, 0) is 4.74 Å². The molecule has 4 nitrogen and oxygen atoms in total. The quantitative estimate of drug-likeness (QED) is 0.795. The number of rotatable bonds is 5. The molecule has 0 radical (unpaired) electrons. The van der Waals surface area contributed by atoms with Crippen LogP contribution in [0.4, 0.5) is 4.79 Å². The first-order valence-electron chi connectivity index (χ1n) is 6.99. The number of hydrogen-bond donors (Lipinski definition) is 2. The third kappa shape index (κ3) is 6.24. The molecule has 1 aliphatic carbocycles. The molecule has 0 atom stereocenters. The number of hydrogen-bond acceptors (Lipinski definition) is 3. The van der Waals surface area contributed by atoms with Gasteiger partial charge >= 0.3 is 6.09 Å². The Bertz CT molecular complexity index is 265. The van der Waals surface area contributed by atoms with Crippen LogP contribution in [-0.4, -0.2) is 30.3 Å². The lowest BCUT2D eigenvalue weighted by Gasteiger charge is -2.37. The van der Waals surface area contributed by atoms with Crippen LogP contribution in [0.2, 0.25) is 0 Å². The number of carbonyl (C=O) groups is 1. The maximum Gasteiger partial charge on any atom is 0.407 e. The van der Waals surface area contributed by atoms with E-state index in [0.717, 1.165) is 25.3 Å². The molecule has 1 fully saturated rings. The summed E-state index contributed by atoms with van der Waals surface area (Å²) in [5.41, 5.74) is -0.414. The molecule has 2 N–H and O–H groups in total. The fraction of sp³-hybridized carbons (Fsp3) is 0.929. The molecule has 106 valence electrons. The highest BCUT2D eigenvalue weighted by molar-refractivity contribution is 5.68. The monoisotopic (exact) mass is 256 g/mol. The van der Waals surface area contributed by atoms with E-state index in [1.54, 1.807) is 0 Å². The molecule has 0 saturated heterocycles. The summed E-state index contributed by atoms with van der Waals surface area (Å²) < 4.78 is 5.22. The minimum absolute atomic E-state index is 0.274. The number of nitrogens with one attached hydrogen (secondary N) is 2. The first-order chi connectivity index (χ1) is 8.26. The highest BCUT2D eigenvalue weighted by atomic mass is 16.6. The maximum atomic E-state index is 11.5. The molecule has 1 saturated carbocycles. The van der Waals surface area contributed by atoms with E-state index in [1.165, 1.54) is 6.42 Å². The number of ether oxygens (including phenoxy) is 1. The van der Waals surface area contributed by atoms with Gasteiger partial charge < -0.3 is 15.4 Å². The summed E-state index contributed by atoms with van der Waals surface area (Å²) in [7, 11) is 0. The number of amides is 1. The molecule has 0 aromatic rings. The lowest BCUT2D eigenvalue weighted by atomic mass is 9.86. The van der Waals surface area contributed by atoms with Gasteiger partial charge in [-0.1, -0.05) is 13.8 Å². The largest absolute Gasteiger partial charge is 0.444 e. The molecule has 0 aromatic heterocycles. The zero-order valence-electron chi connectivity index (χ0n) is 12.4. The van der Waals surface area contributed by atoms with Gasteiger partial charge in [0.1, 0.15) is 5.60 Å². The molecule has 0 heterocycles. The molecule has 18 heavy (non-hydrogen) atoms. The molecular weight excluding hydrogens is 228 g/mol. The van der Waals surface area contributed by atoms with Crippen LogP contribution in [0.3, 0.4) is 0 Å². The normalized spacial score (nSPS) is 23.7. The second-order valence-corrected chi connectivity index (χ2v) is 6.65. The van der Waals surface area contributed by atoms with E-state index in [9.17, 15) is 4.79 Å². The van der Waals surface area contributed by atoms with Gasteiger partial charge in [0.15, 0.2) is 0 Å². The van der Waals surface area contributed by atoms with Crippen molar-refractivity contribution in [2.45, 2.75) is 71.6 Å². The van der Waals surface area contributed by atoms with Crippen LogP contribution in [0.25, 0.3) is 0 Å². The summed E-state index contributed by atoms with van der Waals surface area (Å²) in [4.78, 5) is 11.5. The van der Waals surface area contributed by atoms with E-state index in [0.29, 0.717) is 6.04 Å². The SMILES string of the molecule is CC(C)CCNC1CC(NC(=O)OC(C)(C)C)C1. The Morgan fingerprint density at radius 2 is 1.89 bits per heavy atom. The Morgan fingerprint density at radius 1 is 1.28 bits per heavy atom. The van der Waals surface area contributed by atoms with Crippen LogP contribution < -0.4 is 10.6 Å². The fourth-order valence-corrected chi connectivity index (χ4v) is 1.95. The second kappa shape index (κ2) is 6.41. The standard InChI is InChI=1S/C14H28N2O2/c1-10(2)6-7-15-11-8-12(9-11)16-13(17)18-14(3,4)5/h10-12,15H,6-9H2,1-5H3,(H,16,17). The van der Waals surface area contributed by atoms with Crippen molar-refractivity contribution in [3.8, 4) is 0 Å². The van der Waals surface area contributed by atoms with Crippen molar-refractivity contribution in [2.24, 2.45) is 5.92 Å². The zero-order chi connectivity index (χ0) is 13.8. The van der Waals surface area contributed by atoms with Crippen molar-refractivity contribution in [3.63, 3.8) is 0 Å². The number of carbonyl (C=O) groups excluding carboxylic acids is 1. The van der Waals surface area contributed by atoms with Crippen LogP contribution in [0, 0.1) is 5.92 Å². The Hall–Kier alpha value is -0.770. The smallest absolute Gasteiger partial charge is 0.407 e. The van der Waals surface area contributed by atoms with Gasteiger partial charge in [0.25, 0.3) is 0 Å². The molecule has 1 rings (SSSR count). The summed E-state index contributed by atoms with van der Waals surface area (Å²) >= 11 is 0. The molecule has 0 bridgehead atoms. The minimum Gasteiger partial charge on any atom is -0.444 e. The van der Waals surface area contributed by atoms with Crippen LogP contribution in [0.5, 0.6) is 0 Å². The van der Waals surface area contributed by atoms with Crippen molar-refractivity contribution >= 4 is 6.09 Å². The topological polar surface area (TPSA) is 50.4 Å². The first-order valence-corrected chi connectivity index (χ1v) is 6.99. The van der Waals surface area contributed by atoms with E-state index in [4.69, 9.17) is 4.74 Å². The highest BCUT2D eigenvalue weighted by Crippen LogP contribution is 2.20. The molecule has 0 unspecified atom stereocenters. The molecule has 0 aromatic carbocycles. The molecule has 4 heteroatoms. The van der Waals surface area contributed by atoms with Crippen molar-refractivity contribution in [3.05, 3.63) is 0 Å². The summed E-state index contributed by atoms with van der Waals surface area (Å²) in [6.45, 7) is 11.2. The van der Waals surface area contributed by atoms with Gasteiger partial charge in [-0.2, -0.15) is 0 Å². The Kier molecular flexibility index (Phi) is 5.45. The third-order valence-electron chi connectivity index (χ3n) is 3.01. The third-order valence-corrected chi connectivity index (χ3v) is 3.01. The van der Waals surface area contributed by atoms with Crippen molar-refractivity contribution in [1.29, 1.82) is 0 Å². The van der Waals surface area contributed by atoms with E-state index < -0.39 is 5.60 Å². The Labute approximate surface area is 111 Å². The average molecular weight is 256 g/mol. The predicted octanol–water partition coefficient (Wildman–Crippen LogP) is 2.68. The predicted molar refractivity (Wildman–Crippen MR) is 73.6 cm³/mol. The van der Waals surface area contributed by atoms with E-state index in [-0.39, 0.29) is 12.1 Å². The van der Waals surface area contributed by atoms with Gasteiger partial charge in [0, 0.05) is 12.1 Å². The Balaban J connectivity index is 2.06. The summed E-state index contributed by atoms with van der Waals surface area (Å²) in [6.07, 6.45) is 2.93. The van der Waals surface area contributed by atoms with Gasteiger partial charge in [-0.15, -0.1) is 0 Å². The van der Waals surface area contributed by atoms with Gasteiger partial charge in [0.05, 0.1) is 0 Å². The molecule has 1 aliphatic rings. The van der Waals surface area contributed by atoms with Gasteiger partial charge in [-0.05, 0) is 52.5 Å². The summed E-state index contributed by atoms with van der Waals surface area (Å²) in [6, 6.07) is 0.833. The summed E-state index contributed by atoms with van der Waals surface area (Å²) in [5, 5.41) is 6.41. The van der Waals surface area contributed by atoms with Gasteiger partial charge in [0.2, 0.25) is 0 Å². The fourth-order valence-electron chi connectivity index (χ4n) is 1.95. The average Bonchev–Trinajstić information content (AvgIpc) is 2.09. The molecule has 0 aliphatic heterocycles.